The molecule has 3 rings (SSSR count). The van der Waals surface area contributed by atoms with E-state index in [1.54, 1.807) is 6.07 Å². The number of nitrogens with zero attached hydrogens (tertiary/aromatic N) is 1. The summed E-state index contributed by atoms with van der Waals surface area (Å²) in [6.07, 6.45) is 0. The van der Waals surface area contributed by atoms with Crippen LogP contribution in [-0.2, 0) is 4.74 Å². The molecular formula is C14H12N2O3S2. The van der Waals surface area contributed by atoms with Gasteiger partial charge in [-0.3, -0.25) is 0 Å². The van der Waals surface area contributed by atoms with Crippen molar-refractivity contribution in [1.82, 2.24) is 4.98 Å². The summed E-state index contributed by atoms with van der Waals surface area (Å²) in [5.41, 5.74) is 0.974. The highest BCUT2D eigenvalue weighted by molar-refractivity contribution is 7.29. The van der Waals surface area contributed by atoms with Crippen molar-refractivity contribution in [2.45, 2.75) is 0 Å². The number of esters is 1. The molecule has 2 N–H and O–H groups in total. The van der Waals surface area contributed by atoms with Crippen molar-refractivity contribution in [1.29, 1.82) is 0 Å². The molecule has 0 radical (unpaired) electrons. The molecule has 0 spiro atoms. The Morgan fingerprint density at radius 3 is 2.81 bits per heavy atom. The maximum absolute atomic E-state index is 11.7. The number of benzene rings is 1. The maximum atomic E-state index is 11.7. The number of aliphatic hydroxyl groups is 1. The third-order valence-corrected chi connectivity index (χ3v) is 4.70. The second-order valence-corrected chi connectivity index (χ2v) is 6.21. The molecule has 0 aliphatic carbocycles. The monoisotopic (exact) mass is 320 g/mol. The van der Waals surface area contributed by atoms with Crippen LogP contribution in [0, 0.1) is 0 Å². The van der Waals surface area contributed by atoms with Crippen LogP contribution in [0.15, 0.2) is 36.4 Å². The number of thiophene rings is 1. The van der Waals surface area contributed by atoms with Gasteiger partial charge in [-0.15, -0.1) is 11.3 Å². The number of anilines is 2. The Morgan fingerprint density at radius 2 is 2.10 bits per heavy atom. The molecule has 0 saturated carbocycles. The smallest absolute Gasteiger partial charge is 0.348 e. The SMILES string of the molecule is O=C(OCCO)c1cc2sc(Nc3ccccc3)nc2s1. The van der Waals surface area contributed by atoms with E-state index in [2.05, 4.69) is 10.3 Å². The zero-order chi connectivity index (χ0) is 14.7. The van der Waals surface area contributed by atoms with E-state index in [4.69, 9.17) is 9.84 Å². The second kappa shape index (κ2) is 6.21. The molecule has 5 nitrogen and oxygen atoms in total. The van der Waals surface area contributed by atoms with E-state index < -0.39 is 5.97 Å². The van der Waals surface area contributed by atoms with Crippen molar-refractivity contribution < 1.29 is 14.6 Å². The fourth-order valence-electron chi connectivity index (χ4n) is 1.74. The summed E-state index contributed by atoms with van der Waals surface area (Å²) >= 11 is 2.78. The van der Waals surface area contributed by atoms with Crippen LogP contribution in [0.5, 0.6) is 0 Å². The third-order valence-electron chi connectivity index (χ3n) is 2.64. The number of hydrogen-bond acceptors (Lipinski definition) is 7. The summed E-state index contributed by atoms with van der Waals surface area (Å²) in [7, 11) is 0. The van der Waals surface area contributed by atoms with Gasteiger partial charge in [-0.25, -0.2) is 9.78 Å². The lowest BCUT2D eigenvalue weighted by Crippen LogP contribution is -2.06. The number of aliphatic hydroxyl groups excluding tert-OH is 1. The van der Waals surface area contributed by atoms with Crippen LogP contribution in [0.3, 0.4) is 0 Å². The molecule has 2 heterocycles. The standard InChI is InChI=1S/C14H12N2O3S2/c17-6-7-19-13(18)11-8-10-12(20-11)16-14(21-10)15-9-4-2-1-3-5-9/h1-5,8,17H,6-7H2,(H,15,16). The van der Waals surface area contributed by atoms with Crippen LogP contribution in [0.4, 0.5) is 10.8 Å². The fourth-order valence-corrected chi connectivity index (χ4v) is 3.77. The van der Waals surface area contributed by atoms with Gasteiger partial charge in [0.2, 0.25) is 0 Å². The van der Waals surface area contributed by atoms with Crippen LogP contribution < -0.4 is 5.32 Å². The first-order chi connectivity index (χ1) is 10.3. The number of rotatable bonds is 5. The molecule has 0 unspecified atom stereocenters. The molecule has 3 aromatic rings. The molecule has 0 amide bonds. The van der Waals surface area contributed by atoms with E-state index in [-0.39, 0.29) is 13.2 Å². The highest BCUT2D eigenvalue weighted by atomic mass is 32.1. The lowest BCUT2D eigenvalue weighted by molar-refractivity contribution is 0.0439. The van der Waals surface area contributed by atoms with Crippen LogP contribution in [0.25, 0.3) is 9.53 Å². The van der Waals surface area contributed by atoms with Gasteiger partial charge in [-0.1, -0.05) is 29.5 Å². The van der Waals surface area contributed by atoms with Crippen molar-refractivity contribution in [3.63, 3.8) is 0 Å². The molecule has 21 heavy (non-hydrogen) atoms. The maximum Gasteiger partial charge on any atom is 0.348 e. The van der Waals surface area contributed by atoms with Crippen molar-refractivity contribution in [2.24, 2.45) is 0 Å². The van der Waals surface area contributed by atoms with Crippen LogP contribution in [-0.4, -0.2) is 29.3 Å². The molecule has 2 aromatic heterocycles. The molecule has 1 aromatic carbocycles. The van der Waals surface area contributed by atoms with Gasteiger partial charge >= 0.3 is 5.97 Å². The minimum absolute atomic E-state index is 0.0125. The van der Waals surface area contributed by atoms with Gasteiger partial charge in [0.25, 0.3) is 0 Å². The highest BCUT2D eigenvalue weighted by Crippen LogP contribution is 2.34. The van der Waals surface area contributed by atoms with E-state index in [1.165, 1.54) is 22.7 Å². The molecular weight excluding hydrogens is 308 g/mol. The lowest BCUT2D eigenvalue weighted by Gasteiger charge is -2.00. The van der Waals surface area contributed by atoms with E-state index in [1.807, 2.05) is 30.3 Å². The Morgan fingerprint density at radius 1 is 1.29 bits per heavy atom. The molecule has 0 bridgehead atoms. The summed E-state index contributed by atoms with van der Waals surface area (Å²) in [6, 6.07) is 11.6. The number of carbonyl (C=O) groups excluding carboxylic acids is 1. The zero-order valence-electron chi connectivity index (χ0n) is 10.9. The van der Waals surface area contributed by atoms with Gasteiger partial charge in [0.1, 0.15) is 16.3 Å². The van der Waals surface area contributed by atoms with Gasteiger partial charge in [-0.2, -0.15) is 0 Å². The number of aromatic nitrogens is 1. The summed E-state index contributed by atoms with van der Waals surface area (Å²) in [5, 5.41) is 12.7. The van der Waals surface area contributed by atoms with E-state index >= 15 is 0 Å². The van der Waals surface area contributed by atoms with Crippen LogP contribution in [0.1, 0.15) is 9.67 Å². The van der Waals surface area contributed by atoms with Crippen LogP contribution in [0.2, 0.25) is 0 Å². The Hall–Kier alpha value is -1.96. The summed E-state index contributed by atoms with van der Waals surface area (Å²) in [4.78, 5) is 17.4. The summed E-state index contributed by atoms with van der Waals surface area (Å²) < 4.78 is 5.82. The highest BCUT2D eigenvalue weighted by Gasteiger charge is 2.15. The number of nitrogens with one attached hydrogen (secondary N) is 1. The van der Waals surface area contributed by atoms with Crippen molar-refractivity contribution in [3.8, 4) is 0 Å². The van der Waals surface area contributed by atoms with E-state index in [0.29, 0.717) is 4.88 Å². The minimum Gasteiger partial charge on any atom is -0.459 e. The molecule has 0 saturated heterocycles. The summed E-state index contributed by atoms with van der Waals surface area (Å²) in [5.74, 6) is -0.420. The lowest BCUT2D eigenvalue weighted by atomic mass is 10.3. The first-order valence-corrected chi connectivity index (χ1v) is 7.90. The summed E-state index contributed by atoms with van der Waals surface area (Å²) in [6.45, 7) is -0.159. The molecule has 0 atom stereocenters. The Balaban J connectivity index is 1.76. The third kappa shape index (κ3) is 3.21. The Bertz CT molecular complexity index is 721. The number of fused-ring (bicyclic) bond motifs is 1. The van der Waals surface area contributed by atoms with E-state index in [0.717, 1.165) is 20.3 Å². The predicted molar refractivity (Wildman–Crippen MR) is 84.6 cm³/mol. The number of carbonyl (C=O) groups is 1. The van der Waals surface area contributed by atoms with Gasteiger partial charge in [0.15, 0.2) is 5.13 Å². The molecule has 108 valence electrons. The van der Waals surface area contributed by atoms with Crippen molar-refractivity contribution >= 4 is 49.0 Å². The number of thiazole rings is 1. The topological polar surface area (TPSA) is 71.5 Å². The number of hydrogen-bond donors (Lipinski definition) is 2. The zero-order valence-corrected chi connectivity index (χ0v) is 12.5. The molecule has 0 aliphatic heterocycles. The largest absolute Gasteiger partial charge is 0.459 e. The second-order valence-electron chi connectivity index (χ2n) is 4.15. The predicted octanol–water partition coefficient (Wildman–Crippen LogP) is 3.25. The molecule has 7 heteroatoms. The van der Waals surface area contributed by atoms with Crippen molar-refractivity contribution in [2.75, 3.05) is 18.5 Å². The normalized spacial score (nSPS) is 10.7. The fraction of sp³-hybridized carbons (Fsp3) is 0.143. The number of ether oxygens (including phenoxy) is 1. The molecule has 0 fully saturated rings. The Kier molecular flexibility index (Phi) is 4.14. The average Bonchev–Trinajstić information content (AvgIpc) is 3.04. The van der Waals surface area contributed by atoms with E-state index in [9.17, 15) is 4.79 Å². The minimum atomic E-state index is -0.420. The first kappa shape index (κ1) is 14.0. The van der Waals surface area contributed by atoms with Crippen LogP contribution >= 0.6 is 22.7 Å². The quantitative estimate of drug-likeness (QED) is 0.706. The first-order valence-electron chi connectivity index (χ1n) is 6.26. The van der Waals surface area contributed by atoms with Gasteiger partial charge in [0, 0.05) is 5.69 Å². The van der Waals surface area contributed by atoms with Gasteiger partial charge in [-0.05, 0) is 18.2 Å². The average molecular weight is 320 g/mol. The van der Waals surface area contributed by atoms with Gasteiger partial charge in [0.05, 0.1) is 11.3 Å². The van der Waals surface area contributed by atoms with Crippen molar-refractivity contribution in [3.05, 3.63) is 41.3 Å². The van der Waals surface area contributed by atoms with Gasteiger partial charge < -0.3 is 15.2 Å². The Labute approximate surface area is 128 Å². The number of para-hydroxylation sites is 1. The molecule has 0 aliphatic rings.